The number of anilines is 1. The monoisotopic (exact) mass is 418 g/mol. The van der Waals surface area contributed by atoms with Gasteiger partial charge in [0.15, 0.2) is 5.58 Å². The second kappa shape index (κ2) is 6.06. The van der Waals surface area contributed by atoms with Gasteiger partial charge in [0, 0.05) is 21.3 Å². The van der Waals surface area contributed by atoms with Gasteiger partial charge >= 0.3 is 0 Å². The Morgan fingerprint density at radius 2 is 1.93 bits per heavy atom. The fourth-order valence-corrected chi connectivity index (χ4v) is 3.94. The summed E-state index contributed by atoms with van der Waals surface area (Å²) in [5.74, 6) is 0.600. The Kier molecular flexibility index (Phi) is 3.65. The van der Waals surface area contributed by atoms with Crippen molar-refractivity contribution in [2.75, 3.05) is 4.90 Å². The molecule has 2 heterocycles. The van der Waals surface area contributed by atoms with Crippen LogP contribution in [0.2, 0.25) is 0 Å². The first-order chi connectivity index (χ1) is 13.1. The van der Waals surface area contributed by atoms with E-state index in [0.717, 1.165) is 43.5 Å². The lowest BCUT2D eigenvalue weighted by Gasteiger charge is -2.16. The molecule has 0 unspecified atom stereocenters. The molecular formula is C22H15BrN2O2. The van der Waals surface area contributed by atoms with Gasteiger partial charge in [0.2, 0.25) is 5.89 Å². The lowest BCUT2D eigenvalue weighted by molar-refractivity contribution is 0.0996. The van der Waals surface area contributed by atoms with Crippen LogP contribution in [0.1, 0.15) is 21.5 Å². The number of oxazole rings is 1. The van der Waals surface area contributed by atoms with Crippen LogP contribution in [0.3, 0.4) is 0 Å². The maximum atomic E-state index is 12.8. The molecule has 0 atom stereocenters. The van der Waals surface area contributed by atoms with E-state index >= 15 is 0 Å². The van der Waals surface area contributed by atoms with Gasteiger partial charge < -0.3 is 9.32 Å². The highest BCUT2D eigenvalue weighted by Crippen LogP contribution is 2.34. The number of halogens is 1. The molecule has 0 saturated heterocycles. The van der Waals surface area contributed by atoms with Crippen LogP contribution in [0.25, 0.3) is 22.6 Å². The average Bonchev–Trinajstić information content (AvgIpc) is 3.24. The number of aromatic nitrogens is 1. The zero-order valence-electron chi connectivity index (χ0n) is 14.6. The quantitative estimate of drug-likeness (QED) is 0.417. The molecule has 1 aliphatic rings. The van der Waals surface area contributed by atoms with Crippen molar-refractivity contribution in [3.8, 4) is 11.5 Å². The molecule has 0 spiro atoms. The van der Waals surface area contributed by atoms with E-state index in [4.69, 9.17) is 4.42 Å². The third kappa shape index (κ3) is 2.66. The third-order valence-corrected chi connectivity index (χ3v) is 5.36. The Morgan fingerprint density at radius 3 is 2.74 bits per heavy atom. The highest BCUT2D eigenvalue weighted by molar-refractivity contribution is 9.10. The van der Waals surface area contributed by atoms with E-state index in [1.54, 1.807) is 4.90 Å². The van der Waals surface area contributed by atoms with Crippen LogP contribution < -0.4 is 4.90 Å². The van der Waals surface area contributed by atoms with Gasteiger partial charge in [0.05, 0.1) is 6.54 Å². The molecule has 0 fully saturated rings. The van der Waals surface area contributed by atoms with E-state index in [9.17, 15) is 4.79 Å². The number of aryl methyl sites for hydroxylation is 1. The molecule has 1 aliphatic heterocycles. The van der Waals surface area contributed by atoms with E-state index in [2.05, 4.69) is 20.9 Å². The summed E-state index contributed by atoms with van der Waals surface area (Å²) in [6, 6.07) is 19.5. The minimum atomic E-state index is 0.0278. The first-order valence-corrected chi connectivity index (χ1v) is 9.46. The second-order valence-electron chi connectivity index (χ2n) is 6.69. The number of amides is 1. The molecule has 0 saturated carbocycles. The summed E-state index contributed by atoms with van der Waals surface area (Å²) in [4.78, 5) is 19.2. The van der Waals surface area contributed by atoms with Crippen LogP contribution in [-0.2, 0) is 6.54 Å². The van der Waals surface area contributed by atoms with Crippen molar-refractivity contribution in [1.29, 1.82) is 0 Å². The standard InChI is InChI=1S/C22H15BrN2O2/c1-13-9-17(25-12-15-5-2-3-8-18(15)22(25)26)11-19-20(13)27-21(24-19)14-6-4-7-16(23)10-14/h2-11H,12H2,1H3. The summed E-state index contributed by atoms with van der Waals surface area (Å²) in [5, 5.41) is 0. The number of nitrogens with zero attached hydrogens (tertiary/aromatic N) is 2. The fraction of sp³-hybridized carbons (Fsp3) is 0.0909. The maximum absolute atomic E-state index is 12.8. The number of hydrogen-bond donors (Lipinski definition) is 0. The molecule has 3 aromatic carbocycles. The Morgan fingerprint density at radius 1 is 1.07 bits per heavy atom. The zero-order valence-corrected chi connectivity index (χ0v) is 16.2. The van der Waals surface area contributed by atoms with Gasteiger partial charge in [-0.25, -0.2) is 4.98 Å². The van der Waals surface area contributed by atoms with Crippen LogP contribution in [0.15, 0.2) is 69.6 Å². The Balaban J connectivity index is 1.59. The molecule has 4 aromatic rings. The predicted molar refractivity (Wildman–Crippen MR) is 109 cm³/mol. The molecule has 0 radical (unpaired) electrons. The van der Waals surface area contributed by atoms with Crippen molar-refractivity contribution >= 4 is 38.6 Å². The van der Waals surface area contributed by atoms with E-state index in [0.29, 0.717) is 12.4 Å². The second-order valence-corrected chi connectivity index (χ2v) is 7.60. The van der Waals surface area contributed by atoms with Crippen LogP contribution in [-0.4, -0.2) is 10.9 Å². The molecule has 0 aliphatic carbocycles. The normalized spacial score (nSPS) is 13.4. The smallest absolute Gasteiger partial charge is 0.258 e. The van der Waals surface area contributed by atoms with Gasteiger partial charge in [-0.3, -0.25) is 4.79 Å². The Bertz CT molecular complexity index is 1210. The summed E-state index contributed by atoms with van der Waals surface area (Å²) in [7, 11) is 0. The Hall–Kier alpha value is -2.92. The minimum Gasteiger partial charge on any atom is -0.436 e. The lowest BCUT2D eigenvalue weighted by atomic mass is 10.1. The number of benzene rings is 3. The first kappa shape index (κ1) is 16.3. The van der Waals surface area contributed by atoms with Crippen molar-refractivity contribution in [2.45, 2.75) is 13.5 Å². The number of carbonyl (C=O) groups is 1. The number of rotatable bonds is 2. The summed E-state index contributed by atoms with van der Waals surface area (Å²) in [5.41, 5.74) is 6.03. The van der Waals surface area contributed by atoms with Crippen molar-refractivity contribution in [3.05, 3.63) is 81.8 Å². The summed E-state index contributed by atoms with van der Waals surface area (Å²) >= 11 is 3.48. The fourth-order valence-electron chi connectivity index (χ4n) is 3.55. The minimum absolute atomic E-state index is 0.0278. The van der Waals surface area contributed by atoms with E-state index < -0.39 is 0 Å². The topological polar surface area (TPSA) is 46.3 Å². The van der Waals surface area contributed by atoms with Crippen LogP contribution in [0.4, 0.5) is 5.69 Å². The maximum Gasteiger partial charge on any atom is 0.258 e. The lowest BCUT2D eigenvalue weighted by Crippen LogP contribution is -2.23. The van der Waals surface area contributed by atoms with Crippen molar-refractivity contribution in [2.24, 2.45) is 0 Å². The number of hydrogen-bond acceptors (Lipinski definition) is 3. The summed E-state index contributed by atoms with van der Waals surface area (Å²) in [6.45, 7) is 2.56. The predicted octanol–water partition coefficient (Wildman–Crippen LogP) is 5.73. The molecule has 132 valence electrons. The molecular weight excluding hydrogens is 404 g/mol. The van der Waals surface area contributed by atoms with E-state index in [1.807, 2.05) is 67.6 Å². The third-order valence-electron chi connectivity index (χ3n) is 4.87. The molecule has 5 heteroatoms. The van der Waals surface area contributed by atoms with Gasteiger partial charge in [-0.15, -0.1) is 0 Å². The molecule has 0 N–H and O–H groups in total. The highest BCUT2D eigenvalue weighted by Gasteiger charge is 2.28. The van der Waals surface area contributed by atoms with Crippen LogP contribution in [0, 0.1) is 6.92 Å². The SMILES string of the molecule is Cc1cc(N2Cc3ccccc3C2=O)cc2nc(-c3cccc(Br)c3)oc12. The van der Waals surface area contributed by atoms with Crippen LogP contribution in [0.5, 0.6) is 0 Å². The molecule has 27 heavy (non-hydrogen) atoms. The largest absolute Gasteiger partial charge is 0.436 e. The number of fused-ring (bicyclic) bond motifs is 2. The van der Waals surface area contributed by atoms with Crippen LogP contribution >= 0.6 is 15.9 Å². The van der Waals surface area contributed by atoms with Crippen molar-refractivity contribution in [1.82, 2.24) is 4.98 Å². The van der Waals surface area contributed by atoms with Gasteiger partial charge in [0.1, 0.15) is 5.52 Å². The molecule has 5 rings (SSSR count). The molecule has 1 amide bonds. The van der Waals surface area contributed by atoms with Gasteiger partial charge in [-0.2, -0.15) is 0 Å². The van der Waals surface area contributed by atoms with E-state index in [1.165, 1.54) is 0 Å². The molecule has 1 aromatic heterocycles. The Labute approximate surface area is 164 Å². The first-order valence-electron chi connectivity index (χ1n) is 8.67. The number of carbonyl (C=O) groups excluding carboxylic acids is 1. The molecule has 4 nitrogen and oxygen atoms in total. The zero-order chi connectivity index (χ0) is 18.5. The van der Waals surface area contributed by atoms with Gasteiger partial charge in [-0.05, 0) is 54.4 Å². The van der Waals surface area contributed by atoms with Gasteiger partial charge in [0.25, 0.3) is 5.91 Å². The summed E-state index contributed by atoms with van der Waals surface area (Å²) in [6.07, 6.45) is 0. The summed E-state index contributed by atoms with van der Waals surface area (Å²) < 4.78 is 6.98. The van der Waals surface area contributed by atoms with Crippen molar-refractivity contribution < 1.29 is 9.21 Å². The van der Waals surface area contributed by atoms with Gasteiger partial charge in [-0.1, -0.05) is 40.2 Å². The van der Waals surface area contributed by atoms with Crippen molar-refractivity contribution in [3.63, 3.8) is 0 Å². The highest BCUT2D eigenvalue weighted by atomic mass is 79.9. The molecule has 0 bridgehead atoms. The van der Waals surface area contributed by atoms with E-state index in [-0.39, 0.29) is 5.91 Å². The average molecular weight is 419 g/mol.